The molecular formula is C27H27N3O4. The monoisotopic (exact) mass is 457 g/mol. The first kappa shape index (κ1) is 22.3. The van der Waals surface area contributed by atoms with E-state index in [1.54, 1.807) is 17.6 Å². The molecule has 2 aliphatic heterocycles. The van der Waals surface area contributed by atoms with Crippen molar-refractivity contribution in [2.75, 3.05) is 0 Å². The molecule has 1 N–H and O–H groups in total. The molecule has 7 nitrogen and oxygen atoms in total. The van der Waals surface area contributed by atoms with Crippen LogP contribution in [0.2, 0.25) is 0 Å². The van der Waals surface area contributed by atoms with Crippen LogP contribution in [0.25, 0.3) is 27.1 Å². The molecule has 2 aliphatic rings. The maximum Gasteiger partial charge on any atom is 0.343 e. The number of fused-ring (bicyclic) bond motifs is 5. The number of hydrogen-bond acceptors (Lipinski definition) is 5. The maximum atomic E-state index is 13.5. The molecule has 1 aromatic carbocycles. The van der Waals surface area contributed by atoms with Crippen molar-refractivity contribution in [3.05, 3.63) is 67.3 Å². The van der Waals surface area contributed by atoms with Crippen molar-refractivity contribution < 1.29 is 14.6 Å². The fourth-order valence-corrected chi connectivity index (χ4v) is 5.68. The molecule has 0 bridgehead atoms. The van der Waals surface area contributed by atoms with Gasteiger partial charge >= 0.3 is 5.97 Å². The van der Waals surface area contributed by atoms with Crippen LogP contribution in [-0.2, 0) is 34.7 Å². The SMILES string of the molecule is [C-]#[N+]c1cc2nc3c(c(CC)c2c(C(C)C)c1C)Cn1c-3cc2c(c1=O)COC(=O)[C@]2(O)CC. The summed E-state index contributed by atoms with van der Waals surface area (Å²) in [5.41, 5.74) is 5.30. The summed E-state index contributed by atoms with van der Waals surface area (Å²) >= 11 is 0. The minimum atomic E-state index is -1.85. The fraction of sp³-hybridized carbons (Fsp3) is 0.407. The van der Waals surface area contributed by atoms with E-state index in [0.717, 1.165) is 39.6 Å². The van der Waals surface area contributed by atoms with Crippen LogP contribution in [0.4, 0.5) is 5.69 Å². The summed E-state index contributed by atoms with van der Waals surface area (Å²) in [4.78, 5) is 34.6. The highest BCUT2D eigenvalue weighted by atomic mass is 16.6. The predicted octanol–water partition coefficient (Wildman–Crippen LogP) is 4.62. The zero-order valence-corrected chi connectivity index (χ0v) is 20.1. The minimum absolute atomic E-state index is 0.103. The van der Waals surface area contributed by atoms with Crippen LogP contribution in [0, 0.1) is 13.5 Å². The minimum Gasteiger partial charge on any atom is -0.458 e. The number of ether oxygens (including phenoxy) is 1. The number of aliphatic hydroxyl groups is 1. The normalized spacial score (nSPS) is 18.5. The lowest BCUT2D eigenvalue weighted by atomic mass is 9.85. The topological polar surface area (TPSA) is 85.8 Å². The molecule has 5 rings (SSSR count). The van der Waals surface area contributed by atoms with Crippen molar-refractivity contribution in [2.45, 2.75) is 72.1 Å². The van der Waals surface area contributed by atoms with Crippen LogP contribution >= 0.6 is 0 Å². The molecule has 34 heavy (non-hydrogen) atoms. The molecule has 0 aliphatic carbocycles. The van der Waals surface area contributed by atoms with E-state index >= 15 is 0 Å². The summed E-state index contributed by atoms with van der Waals surface area (Å²) in [6.45, 7) is 17.9. The fourth-order valence-electron chi connectivity index (χ4n) is 5.68. The lowest BCUT2D eigenvalue weighted by molar-refractivity contribution is -0.172. The summed E-state index contributed by atoms with van der Waals surface area (Å²) in [6, 6.07) is 3.57. The third-order valence-electron chi connectivity index (χ3n) is 7.42. The zero-order valence-electron chi connectivity index (χ0n) is 20.1. The van der Waals surface area contributed by atoms with Gasteiger partial charge < -0.3 is 14.4 Å². The number of carbonyl (C=O) groups excluding carboxylic acids is 1. The summed E-state index contributed by atoms with van der Waals surface area (Å²) in [5.74, 6) is -0.527. The number of pyridine rings is 2. The van der Waals surface area contributed by atoms with Gasteiger partial charge in [0.25, 0.3) is 5.56 Å². The Bertz CT molecular complexity index is 1510. The molecule has 0 radical (unpaired) electrons. The predicted molar refractivity (Wildman–Crippen MR) is 129 cm³/mol. The van der Waals surface area contributed by atoms with E-state index in [2.05, 4.69) is 25.6 Å². The van der Waals surface area contributed by atoms with Crippen molar-refractivity contribution in [3.8, 4) is 11.4 Å². The van der Waals surface area contributed by atoms with Gasteiger partial charge in [0.2, 0.25) is 0 Å². The molecule has 1 atom stereocenters. The number of rotatable bonds is 3. The number of esters is 1. The Kier molecular flexibility index (Phi) is 4.92. The van der Waals surface area contributed by atoms with Crippen molar-refractivity contribution in [1.29, 1.82) is 0 Å². The number of cyclic esters (lactones) is 1. The smallest absolute Gasteiger partial charge is 0.343 e. The zero-order chi connectivity index (χ0) is 24.5. The molecule has 3 aromatic rings. The molecule has 2 aromatic heterocycles. The van der Waals surface area contributed by atoms with Crippen molar-refractivity contribution in [2.24, 2.45) is 0 Å². The second kappa shape index (κ2) is 7.51. The van der Waals surface area contributed by atoms with Crippen molar-refractivity contribution in [1.82, 2.24) is 9.55 Å². The third-order valence-corrected chi connectivity index (χ3v) is 7.42. The molecule has 4 heterocycles. The Morgan fingerprint density at radius 3 is 2.62 bits per heavy atom. The van der Waals surface area contributed by atoms with E-state index in [1.807, 2.05) is 13.0 Å². The molecule has 0 spiro atoms. The van der Waals surface area contributed by atoms with Gasteiger partial charge in [0.15, 0.2) is 11.3 Å². The molecule has 0 saturated carbocycles. The molecule has 7 heteroatoms. The second-order valence-electron chi connectivity index (χ2n) is 9.47. The van der Waals surface area contributed by atoms with Gasteiger partial charge in [0.1, 0.15) is 6.61 Å². The molecule has 0 fully saturated rings. The van der Waals surface area contributed by atoms with Crippen LogP contribution in [0.3, 0.4) is 0 Å². The van der Waals surface area contributed by atoms with E-state index in [0.29, 0.717) is 34.7 Å². The van der Waals surface area contributed by atoms with Crippen LogP contribution in [0.15, 0.2) is 16.9 Å². The van der Waals surface area contributed by atoms with Crippen molar-refractivity contribution in [3.63, 3.8) is 0 Å². The Hall–Kier alpha value is -3.50. The standard InChI is InChI=1S/C27H27N3O4/c1-7-15-16-11-30-21(9-18-17(25(30)31)12-34-26(32)27(18,33)8-2)24(16)29-20-10-19(28-6)14(5)22(13(3)4)23(15)20/h9-10,13,33H,7-8,11-12H2,1-5H3/t27-/m0/s1. The van der Waals surface area contributed by atoms with E-state index < -0.39 is 11.6 Å². The van der Waals surface area contributed by atoms with E-state index in [1.165, 1.54) is 0 Å². The van der Waals surface area contributed by atoms with Gasteiger partial charge in [-0.2, -0.15) is 0 Å². The number of nitrogens with zero attached hydrogens (tertiary/aromatic N) is 3. The molecule has 174 valence electrons. The number of benzene rings is 1. The van der Waals surface area contributed by atoms with Gasteiger partial charge in [-0.25, -0.2) is 14.6 Å². The highest BCUT2D eigenvalue weighted by Gasteiger charge is 2.45. The highest BCUT2D eigenvalue weighted by molar-refractivity contribution is 5.95. The molecule has 0 unspecified atom stereocenters. The third kappa shape index (κ3) is 2.75. The largest absolute Gasteiger partial charge is 0.458 e. The van der Waals surface area contributed by atoms with Gasteiger partial charge in [0.05, 0.1) is 35.6 Å². The van der Waals surface area contributed by atoms with Gasteiger partial charge in [-0.3, -0.25) is 4.79 Å². The number of carbonyl (C=O) groups is 1. The Labute approximate surface area is 197 Å². The average molecular weight is 458 g/mol. The molecule has 0 amide bonds. The number of aromatic nitrogens is 2. The van der Waals surface area contributed by atoms with Crippen LogP contribution in [-0.4, -0.2) is 20.6 Å². The number of aryl methyl sites for hydroxylation is 1. The lowest BCUT2D eigenvalue weighted by Crippen LogP contribution is -2.44. The Morgan fingerprint density at radius 2 is 2.00 bits per heavy atom. The van der Waals surface area contributed by atoms with Crippen LogP contribution in [0.1, 0.15) is 73.4 Å². The molecular weight excluding hydrogens is 430 g/mol. The van der Waals surface area contributed by atoms with E-state index in [9.17, 15) is 14.7 Å². The van der Waals surface area contributed by atoms with Gasteiger partial charge in [-0.15, -0.1) is 0 Å². The first-order valence-electron chi connectivity index (χ1n) is 11.7. The van der Waals surface area contributed by atoms with Crippen LogP contribution < -0.4 is 5.56 Å². The lowest BCUT2D eigenvalue weighted by Gasteiger charge is -2.31. The maximum absolute atomic E-state index is 13.5. The van der Waals surface area contributed by atoms with Gasteiger partial charge in [0, 0.05) is 16.5 Å². The second-order valence-corrected chi connectivity index (χ2v) is 9.47. The van der Waals surface area contributed by atoms with Crippen LogP contribution in [0.5, 0.6) is 0 Å². The first-order chi connectivity index (χ1) is 16.2. The average Bonchev–Trinajstić information content (AvgIpc) is 3.18. The summed E-state index contributed by atoms with van der Waals surface area (Å²) in [7, 11) is 0. The van der Waals surface area contributed by atoms with Crippen molar-refractivity contribution >= 4 is 22.6 Å². The van der Waals surface area contributed by atoms with E-state index in [4.69, 9.17) is 16.3 Å². The van der Waals surface area contributed by atoms with E-state index in [-0.39, 0.29) is 24.5 Å². The first-order valence-corrected chi connectivity index (χ1v) is 11.7. The highest BCUT2D eigenvalue weighted by Crippen LogP contribution is 2.43. The van der Waals surface area contributed by atoms with Gasteiger partial charge in [-0.05, 0) is 54.5 Å². The summed E-state index contributed by atoms with van der Waals surface area (Å²) < 4.78 is 6.84. The molecule has 0 saturated heterocycles. The quantitative estimate of drug-likeness (QED) is 0.358. The number of hydrogen-bond donors (Lipinski definition) is 1. The summed E-state index contributed by atoms with van der Waals surface area (Å²) in [6.07, 6.45) is 0.853. The van der Waals surface area contributed by atoms with Gasteiger partial charge in [-0.1, -0.05) is 27.7 Å². The summed E-state index contributed by atoms with van der Waals surface area (Å²) in [5, 5.41) is 12.2. The Balaban J connectivity index is 1.88. The Morgan fingerprint density at radius 1 is 1.26 bits per heavy atom.